The van der Waals surface area contributed by atoms with Crippen LogP contribution in [-0.4, -0.2) is 28.9 Å². The zero-order valence-electron chi connectivity index (χ0n) is 18.3. The summed E-state index contributed by atoms with van der Waals surface area (Å²) in [7, 11) is 0. The van der Waals surface area contributed by atoms with Crippen LogP contribution in [0.5, 0.6) is 5.75 Å². The highest BCUT2D eigenvalue weighted by Crippen LogP contribution is 2.21. The molecule has 1 aromatic heterocycles. The van der Waals surface area contributed by atoms with Crippen LogP contribution < -0.4 is 10.2 Å². The SMILES string of the molecule is CCCCCCCCOc1ccc(-c2cc(C(=O)N/N=C\c3ccccc3F)[nH]n2)cc1. The molecule has 0 fully saturated rings. The second-order valence-electron chi connectivity index (χ2n) is 7.53. The number of ether oxygens (including phenoxy) is 1. The van der Waals surface area contributed by atoms with Gasteiger partial charge in [0.2, 0.25) is 0 Å². The molecular formula is C25H29FN4O2. The Morgan fingerprint density at radius 1 is 1.09 bits per heavy atom. The number of aromatic amines is 1. The highest BCUT2D eigenvalue weighted by atomic mass is 19.1. The van der Waals surface area contributed by atoms with Gasteiger partial charge in [-0.05, 0) is 42.8 Å². The summed E-state index contributed by atoms with van der Waals surface area (Å²) >= 11 is 0. The molecule has 0 atom stereocenters. The molecule has 0 aliphatic rings. The maximum atomic E-state index is 13.6. The molecule has 6 nitrogen and oxygen atoms in total. The Kier molecular flexibility index (Phi) is 8.98. The smallest absolute Gasteiger partial charge is 0.289 e. The lowest BCUT2D eigenvalue weighted by atomic mass is 10.1. The molecule has 3 rings (SSSR count). The van der Waals surface area contributed by atoms with E-state index in [0.717, 1.165) is 17.7 Å². The van der Waals surface area contributed by atoms with E-state index in [-0.39, 0.29) is 11.3 Å². The Morgan fingerprint density at radius 3 is 2.62 bits per heavy atom. The normalized spacial score (nSPS) is 11.1. The molecule has 168 valence electrons. The van der Waals surface area contributed by atoms with Crippen LogP contribution in [0.15, 0.2) is 59.7 Å². The van der Waals surface area contributed by atoms with Crippen molar-refractivity contribution in [2.24, 2.45) is 5.10 Å². The van der Waals surface area contributed by atoms with Gasteiger partial charge >= 0.3 is 0 Å². The number of nitrogens with one attached hydrogen (secondary N) is 2. The van der Waals surface area contributed by atoms with E-state index in [1.54, 1.807) is 24.3 Å². The molecule has 0 aliphatic heterocycles. The lowest BCUT2D eigenvalue weighted by Crippen LogP contribution is -2.18. The van der Waals surface area contributed by atoms with Crippen LogP contribution in [0, 0.1) is 5.82 Å². The first kappa shape index (κ1) is 23.2. The second kappa shape index (κ2) is 12.4. The van der Waals surface area contributed by atoms with Crippen molar-refractivity contribution in [3.8, 4) is 17.0 Å². The van der Waals surface area contributed by atoms with Crippen molar-refractivity contribution >= 4 is 12.1 Å². The predicted molar refractivity (Wildman–Crippen MR) is 124 cm³/mol. The number of nitrogens with zero attached hydrogens (tertiary/aromatic N) is 2. The van der Waals surface area contributed by atoms with Crippen LogP contribution in [0.25, 0.3) is 11.3 Å². The van der Waals surface area contributed by atoms with Gasteiger partial charge in [-0.15, -0.1) is 0 Å². The lowest BCUT2D eigenvalue weighted by molar-refractivity contribution is 0.0950. The van der Waals surface area contributed by atoms with Crippen LogP contribution >= 0.6 is 0 Å². The third-order valence-electron chi connectivity index (χ3n) is 5.01. The van der Waals surface area contributed by atoms with Crippen LogP contribution in [0.4, 0.5) is 4.39 Å². The molecular weight excluding hydrogens is 407 g/mol. The highest BCUT2D eigenvalue weighted by Gasteiger charge is 2.10. The van der Waals surface area contributed by atoms with Gasteiger partial charge in [0, 0.05) is 11.1 Å². The molecule has 0 unspecified atom stereocenters. The molecule has 7 heteroatoms. The molecule has 0 radical (unpaired) electrons. The van der Waals surface area contributed by atoms with Crippen LogP contribution in [0.1, 0.15) is 61.5 Å². The van der Waals surface area contributed by atoms with Crippen molar-refractivity contribution in [1.82, 2.24) is 15.6 Å². The predicted octanol–water partition coefficient (Wildman–Crippen LogP) is 5.72. The first-order valence-corrected chi connectivity index (χ1v) is 11.0. The average Bonchev–Trinajstić information content (AvgIpc) is 3.31. The molecule has 0 spiro atoms. The summed E-state index contributed by atoms with van der Waals surface area (Å²) in [6, 6.07) is 15.4. The molecule has 3 aromatic rings. The van der Waals surface area contributed by atoms with Crippen LogP contribution in [0.3, 0.4) is 0 Å². The summed E-state index contributed by atoms with van der Waals surface area (Å²) in [5.41, 5.74) is 4.41. The van der Waals surface area contributed by atoms with E-state index in [2.05, 4.69) is 27.6 Å². The number of halogens is 1. The standard InChI is InChI=1S/C25H29FN4O2/c1-2-3-4-5-6-9-16-32-21-14-12-19(13-15-21)23-17-24(29-28-23)25(31)30-27-18-20-10-7-8-11-22(20)26/h7-8,10-15,17-18H,2-6,9,16H2,1H3,(H,28,29)(H,30,31)/b27-18-. The number of H-pyrrole nitrogens is 1. The lowest BCUT2D eigenvalue weighted by Gasteiger charge is -2.06. The van der Waals surface area contributed by atoms with Crippen molar-refractivity contribution in [3.63, 3.8) is 0 Å². The van der Waals surface area contributed by atoms with E-state index >= 15 is 0 Å². The highest BCUT2D eigenvalue weighted by molar-refractivity contribution is 5.94. The summed E-state index contributed by atoms with van der Waals surface area (Å²) in [6.07, 6.45) is 8.64. The second-order valence-corrected chi connectivity index (χ2v) is 7.53. The van der Waals surface area contributed by atoms with Crippen molar-refractivity contribution < 1.29 is 13.9 Å². The van der Waals surface area contributed by atoms with Gasteiger partial charge in [0.05, 0.1) is 18.5 Å². The zero-order chi connectivity index (χ0) is 22.6. The third-order valence-corrected chi connectivity index (χ3v) is 5.01. The maximum absolute atomic E-state index is 13.6. The number of hydrogen-bond acceptors (Lipinski definition) is 4. The van der Waals surface area contributed by atoms with Gasteiger partial charge in [0.1, 0.15) is 17.3 Å². The van der Waals surface area contributed by atoms with E-state index in [9.17, 15) is 9.18 Å². The Morgan fingerprint density at radius 2 is 1.84 bits per heavy atom. The van der Waals surface area contributed by atoms with E-state index < -0.39 is 11.7 Å². The van der Waals surface area contributed by atoms with Gasteiger partial charge in [-0.1, -0.05) is 57.2 Å². The van der Waals surface area contributed by atoms with Crippen molar-refractivity contribution in [3.05, 3.63) is 71.7 Å². The molecule has 32 heavy (non-hydrogen) atoms. The maximum Gasteiger partial charge on any atom is 0.289 e. The fraction of sp³-hybridized carbons (Fsp3) is 0.320. The molecule has 2 aromatic carbocycles. The van der Waals surface area contributed by atoms with Crippen molar-refractivity contribution in [1.29, 1.82) is 0 Å². The number of hydrazone groups is 1. The van der Waals surface area contributed by atoms with Crippen molar-refractivity contribution in [2.75, 3.05) is 6.61 Å². The molecule has 1 heterocycles. The number of rotatable bonds is 12. The Balaban J connectivity index is 1.47. The summed E-state index contributed by atoms with van der Waals surface area (Å²) in [6.45, 7) is 2.93. The summed E-state index contributed by atoms with van der Waals surface area (Å²) in [5.74, 6) is -0.0535. The first-order valence-electron chi connectivity index (χ1n) is 11.0. The molecule has 0 saturated heterocycles. The number of carbonyl (C=O) groups excluding carboxylic acids is 1. The Bertz CT molecular complexity index is 1010. The zero-order valence-corrected chi connectivity index (χ0v) is 18.3. The summed E-state index contributed by atoms with van der Waals surface area (Å²) in [5, 5.41) is 10.7. The van der Waals surface area contributed by atoms with Gasteiger partial charge in [-0.25, -0.2) is 9.82 Å². The minimum absolute atomic E-state index is 0.258. The summed E-state index contributed by atoms with van der Waals surface area (Å²) < 4.78 is 19.4. The number of aromatic nitrogens is 2. The van der Waals surface area contributed by atoms with Gasteiger partial charge in [-0.2, -0.15) is 10.2 Å². The Labute approximate surface area is 187 Å². The van der Waals surface area contributed by atoms with Gasteiger partial charge < -0.3 is 4.74 Å². The number of hydrogen-bond donors (Lipinski definition) is 2. The topological polar surface area (TPSA) is 79.4 Å². The number of unbranched alkanes of at least 4 members (excludes halogenated alkanes) is 5. The van der Waals surface area contributed by atoms with Crippen molar-refractivity contribution in [2.45, 2.75) is 45.4 Å². The third kappa shape index (κ3) is 7.04. The quantitative estimate of drug-likeness (QED) is 0.216. The molecule has 0 aliphatic carbocycles. The minimum Gasteiger partial charge on any atom is -0.494 e. The largest absolute Gasteiger partial charge is 0.494 e. The molecule has 2 N–H and O–H groups in total. The Hall–Kier alpha value is -3.48. The molecule has 0 saturated carbocycles. The first-order chi connectivity index (χ1) is 15.7. The molecule has 1 amide bonds. The fourth-order valence-corrected chi connectivity index (χ4v) is 3.18. The van der Waals surface area contributed by atoms with Gasteiger partial charge in [0.25, 0.3) is 5.91 Å². The van der Waals surface area contributed by atoms with Gasteiger partial charge in [-0.3, -0.25) is 9.89 Å². The number of benzene rings is 2. The van der Waals surface area contributed by atoms with Gasteiger partial charge in [0.15, 0.2) is 0 Å². The molecule has 0 bridgehead atoms. The number of carbonyl (C=O) groups is 1. The van der Waals surface area contributed by atoms with E-state index in [1.807, 2.05) is 24.3 Å². The van der Waals surface area contributed by atoms with E-state index in [1.165, 1.54) is 44.4 Å². The fourth-order valence-electron chi connectivity index (χ4n) is 3.18. The van der Waals surface area contributed by atoms with E-state index in [0.29, 0.717) is 12.3 Å². The monoisotopic (exact) mass is 436 g/mol. The minimum atomic E-state index is -0.463. The van der Waals surface area contributed by atoms with E-state index in [4.69, 9.17) is 4.74 Å². The summed E-state index contributed by atoms with van der Waals surface area (Å²) in [4.78, 5) is 12.2. The van der Waals surface area contributed by atoms with Crippen LogP contribution in [-0.2, 0) is 0 Å². The van der Waals surface area contributed by atoms with Crippen LogP contribution in [0.2, 0.25) is 0 Å². The number of amides is 1. The average molecular weight is 437 g/mol.